The highest BCUT2D eigenvalue weighted by Gasteiger charge is 2.26. The highest BCUT2D eigenvalue weighted by molar-refractivity contribution is 6.28. The van der Waals surface area contributed by atoms with Crippen LogP contribution in [0.4, 0.5) is 11.9 Å². The van der Waals surface area contributed by atoms with Crippen molar-refractivity contribution in [3.8, 4) is 0 Å². The Morgan fingerprint density at radius 1 is 1.20 bits per heavy atom. The summed E-state index contributed by atoms with van der Waals surface area (Å²) in [5.74, 6) is 2.16. The van der Waals surface area contributed by atoms with Crippen molar-refractivity contribution in [3.63, 3.8) is 0 Å². The van der Waals surface area contributed by atoms with E-state index in [9.17, 15) is 0 Å². The van der Waals surface area contributed by atoms with E-state index in [-0.39, 0.29) is 5.28 Å². The van der Waals surface area contributed by atoms with Gasteiger partial charge in [0.05, 0.1) is 0 Å². The first-order valence-corrected chi connectivity index (χ1v) is 7.86. The summed E-state index contributed by atoms with van der Waals surface area (Å²) in [4.78, 5) is 17.5. The van der Waals surface area contributed by atoms with Gasteiger partial charge in [0, 0.05) is 25.7 Å². The predicted octanol–water partition coefficient (Wildman–Crippen LogP) is 3.00. The summed E-state index contributed by atoms with van der Waals surface area (Å²) in [5.41, 5.74) is 0. The fourth-order valence-electron chi connectivity index (χ4n) is 2.81. The van der Waals surface area contributed by atoms with Crippen LogP contribution in [-0.4, -0.2) is 40.6 Å². The van der Waals surface area contributed by atoms with Crippen LogP contribution in [0.25, 0.3) is 0 Å². The van der Waals surface area contributed by atoms with Gasteiger partial charge in [-0.05, 0) is 51.1 Å². The molecule has 2 unspecified atom stereocenters. The molecule has 1 aliphatic rings. The lowest BCUT2D eigenvalue weighted by Gasteiger charge is -2.36. The van der Waals surface area contributed by atoms with Crippen molar-refractivity contribution in [1.82, 2.24) is 15.0 Å². The normalized spacial score (nSPS) is 22.9. The molecule has 112 valence electrons. The van der Waals surface area contributed by atoms with E-state index >= 15 is 0 Å². The van der Waals surface area contributed by atoms with Crippen molar-refractivity contribution in [1.29, 1.82) is 0 Å². The van der Waals surface area contributed by atoms with Crippen molar-refractivity contribution >= 4 is 23.5 Å². The Kier molecular flexibility index (Phi) is 5.02. The maximum atomic E-state index is 6.09. The Morgan fingerprint density at radius 3 is 2.50 bits per heavy atom. The van der Waals surface area contributed by atoms with Crippen LogP contribution in [0.1, 0.15) is 40.5 Å². The minimum Gasteiger partial charge on any atom is -0.341 e. The molecule has 6 heteroatoms. The lowest BCUT2D eigenvalue weighted by atomic mass is 9.94. The minimum absolute atomic E-state index is 0.280. The Bertz CT molecular complexity index is 449. The van der Waals surface area contributed by atoms with E-state index in [0.717, 1.165) is 25.6 Å². The summed E-state index contributed by atoms with van der Waals surface area (Å²) in [5, 5.41) is 0.280. The molecule has 0 aliphatic carbocycles. The summed E-state index contributed by atoms with van der Waals surface area (Å²) in [6.07, 6.45) is 2.35. The summed E-state index contributed by atoms with van der Waals surface area (Å²) < 4.78 is 0. The van der Waals surface area contributed by atoms with E-state index in [1.54, 1.807) is 0 Å². The SMILES string of the molecule is CCN(CC)c1nc(Cl)nc(N2CCC(C)CC2C)n1. The quantitative estimate of drug-likeness (QED) is 0.855. The summed E-state index contributed by atoms with van der Waals surface area (Å²) >= 11 is 6.09. The molecule has 0 amide bonds. The summed E-state index contributed by atoms with van der Waals surface area (Å²) in [6, 6.07) is 0.446. The summed E-state index contributed by atoms with van der Waals surface area (Å²) in [7, 11) is 0. The van der Waals surface area contributed by atoms with Crippen LogP contribution in [-0.2, 0) is 0 Å². The molecule has 0 aromatic carbocycles. The van der Waals surface area contributed by atoms with Gasteiger partial charge in [-0.3, -0.25) is 0 Å². The van der Waals surface area contributed by atoms with Crippen LogP contribution < -0.4 is 9.80 Å². The average molecular weight is 298 g/mol. The number of hydrogen-bond acceptors (Lipinski definition) is 5. The molecule has 2 atom stereocenters. The summed E-state index contributed by atoms with van der Waals surface area (Å²) in [6.45, 7) is 11.4. The van der Waals surface area contributed by atoms with Gasteiger partial charge < -0.3 is 9.80 Å². The highest BCUT2D eigenvalue weighted by Crippen LogP contribution is 2.26. The third-order valence-corrected chi connectivity index (χ3v) is 4.20. The first-order chi connectivity index (χ1) is 9.55. The predicted molar refractivity (Wildman–Crippen MR) is 83.6 cm³/mol. The van der Waals surface area contributed by atoms with E-state index in [0.29, 0.717) is 17.9 Å². The number of halogens is 1. The number of hydrogen-bond donors (Lipinski definition) is 0. The van der Waals surface area contributed by atoms with Crippen LogP contribution in [0.2, 0.25) is 5.28 Å². The molecule has 0 bridgehead atoms. The van der Waals surface area contributed by atoms with Crippen LogP contribution in [0.5, 0.6) is 0 Å². The fourth-order valence-corrected chi connectivity index (χ4v) is 2.96. The topological polar surface area (TPSA) is 45.2 Å². The first kappa shape index (κ1) is 15.3. The second-order valence-electron chi connectivity index (χ2n) is 5.55. The highest BCUT2D eigenvalue weighted by atomic mass is 35.5. The molecule has 2 heterocycles. The molecule has 0 radical (unpaired) electrons. The van der Waals surface area contributed by atoms with Crippen molar-refractivity contribution < 1.29 is 0 Å². The van der Waals surface area contributed by atoms with Gasteiger partial charge >= 0.3 is 0 Å². The molecular formula is C14H24ClN5. The molecule has 1 aliphatic heterocycles. The largest absolute Gasteiger partial charge is 0.341 e. The van der Waals surface area contributed by atoms with Crippen molar-refractivity contribution in [2.75, 3.05) is 29.4 Å². The van der Waals surface area contributed by atoms with Gasteiger partial charge in [-0.2, -0.15) is 15.0 Å². The third kappa shape index (κ3) is 3.32. The molecule has 0 saturated carbocycles. The van der Waals surface area contributed by atoms with Crippen LogP contribution in [0, 0.1) is 5.92 Å². The van der Waals surface area contributed by atoms with E-state index in [1.165, 1.54) is 12.8 Å². The zero-order valence-corrected chi connectivity index (χ0v) is 13.6. The van der Waals surface area contributed by atoms with Crippen LogP contribution >= 0.6 is 11.6 Å². The second kappa shape index (κ2) is 6.57. The fraction of sp³-hybridized carbons (Fsp3) is 0.786. The van der Waals surface area contributed by atoms with Gasteiger partial charge in [-0.1, -0.05) is 6.92 Å². The van der Waals surface area contributed by atoms with Gasteiger partial charge in [0.2, 0.25) is 17.2 Å². The van der Waals surface area contributed by atoms with Crippen molar-refractivity contribution in [2.24, 2.45) is 5.92 Å². The van der Waals surface area contributed by atoms with Gasteiger partial charge in [0.1, 0.15) is 0 Å². The minimum atomic E-state index is 0.280. The Morgan fingerprint density at radius 2 is 1.90 bits per heavy atom. The Balaban J connectivity index is 2.27. The van der Waals surface area contributed by atoms with E-state index in [2.05, 4.69) is 52.4 Å². The monoisotopic (exact) mass is 297 g/mol. The maximum absolute atomic E-state index is 6.09. The standard InChI is InChI=1S/C14H24ClN5/c1-5-19(6-2)13-16-12(15)17-14(18-13)20-8-7-10(3)9-11(20)4/h10-11H,5-9H2,1-4H3. The third-order valence-electron chi connectivity index (χ3n) is 4.03. The molecule has 0 N–H and O–H groups in total. The van der Waals surface area contributed by atoms with E-state index in [1.807, 2.05) is 0 Å². The Hall–Kier alpha value is -1.10. The molecule has 1 saturated heterocycles. The van der Waals surface area contributed by atoms with Crippen LogP contribution in [0.15, 0.2) is 0 Å². The number of rotatable bonds is 4. The van der Waals surface area contributed by atoms with E-state index in [4.69, 9.17) is 11.6 Å². The number of piperidine rings is 1. The zero-order valence-electron chi connectivity index (χ0n) is 12.8. The molecule has 20 heavy (non-hydrogen) atoms. The van der Waals surface area contributed by atoms with Gasteiger partial charge in [-0.25, -0.2) is 0 Å². The molecule has 1 aromatic heterocycles. The number of nitrogens with zero attached hydrogens (tertiary/aromatic N) is 5. The van der Waals surface area contributed by atoms with Gasteiger partial charge in [0.15, 0.2) is 0 Å². The Labute approximate surface area is 126 Å². The molecule has 1 aromatic rings. The van der Waals surface area contributed by atoms with Gasteiger partial charge in [0.25, 0.3) is 0 Å². The van der Waals surface area contributed by atoms with E-state index < -0.39 is 0 Å². The molecule has 5 nitrogen and oxygen atoms in total. The second-order valence-corrected chi connectivity index (χ2v) is 5.89. The lowest BCUT2D eigenvalue weighted by molar-refractivity contribution is 0.373. The first-order valence-electron chi connectivity index (χ1n) is 7.48. The molecule has 2 rings (SSSR count). The maximum Gasteiger partial charge on any atom is 0.231 e. The number of anilines is 2. The zero-order chi connectivity index (χ0) is 14.7. The molecule has 1 fully saturated rings. The van der Waals surface area contributed by atoms with Gasteiger partial charge in [-0.15, -0.1) is 0 Å². The van der Waals surface area contributed by atoms with Crippen molar-refractivity contribution in [3.05, 3.63) is 5.28 Å². The van der Waals surface area contributed by atoms with Crippen LogP contribution in [0.3, 0.4) is 0 Å². The number of aromatic nitrogens is 3. The lowest BCUT2D eigenvalue weighted by Crippen LogP contribution is -2.41. The average Bonchev–Trinajstić information content (AvgIpc) is 2.39. The smallest absolute Gasteiger partial charge is 0.231 e. The molecule has 0 spiro atoms. The van der Waals surface area contributed by atoms with Crippen molar-refractivity contribution in [2.45, 2.75) is 46.6 Å². The molecular weight excluding hydrogens is 274 g/mol.